The Morgan fingerprint density at radius 3 is 2.29 bits per heavy atom. The Labute approximate surface area is 200 Å². The number of hydrogen-bond acceptors (Lipinski definition) is 5. The fraction of sp³-hybridized carbons (Fsp3) is 0.417. The number of rotatable bonds is 12. The van der Waals surface area contributed by atoms with Gasteiger partial charge in [-0.25, -0.2) is 12.8 Å². The molecule has 2 aromatic carbocycles. The third-order valence-corrected chi connectivity index (χ3v) is 6.60. The van der Waals surface area contributed by atoms with Crippen LogP contribution < -0.4 is 14.4 Å². The summed E-state index contributed by atoms with van der Waals surface area (Å²) in [4.78, 5) is 27.2. The molecule has 1 atom stereocenters. The summed E-state index contributed by atoms with van der Waals surface area (Å²) in [5.41, 5.74) is 0.755. The first-order valence-corrected chi connectivity index (χ1v) is 12.8. The molecule has 0 aliphatic rings. The van der Waals surface area contributed by atoms with Crippen molar-refractivity contribution in [2.45, 2.75) is 38.8 Å². The first-order valence-electron chi connectivity index (χ1n) is 11.0. The molecule has 2 aromatic rings. The molecule has 2 amide bonds. The van der Waals surface area contributed by atoms with Gasteiger partial charge < -0.3 is 15.0 Å². The van der Waals surface area contributed by atoms with E-state index < -0.39 is 21.9 Å². The summed E-state index contributed by atoms with van der Waals surface area (Å²) in [5.74, 6) is -0.568. The molecule has 10 heteroatoms. The molecule has 1 N–H and O–H groups in total. The van der Waals surface area contributed by atoms with Gasteiger partial charge in [0.15, 0.2) is 0 Å². The minimum atomic E-state index is -3.76. The highest BCUT2D eigenvalue weighted by atomic mass is 32.2. The predicted octanol–water partition coefficient (Wildman–Crippen LogP) is 2.93. The van der Waals surface area contributed by atoms with E-state index >= 15 is 0 Å². The van der Waals surface area contributed by atoms with E-state index in [-0.39, 0.29) is 43.4 Å². The standard InChI is InChI=1S/C24H32FN3O5S/c1-5-21(24(30)26-2)27(17-18-12-14-19(33-3)15-13-18)23(29)11-8-16-28(34(4,31)32)22-10-7-6-9-20(22)25/h6-7,9-10,12-15,21H,5,8,11,16-17H2,1-4H3,(H,26,30). The van der Waals surface area contributed by atoms with Gasteiger partial charge in [-0.15, -0.1) is 0 Å². The third-order valence-electron chi connectivity index (χ3n) is 5.42. The third kappa shape index (κ3) is 7.18. The van der Waals surface area contributed by atoms with Gasteiger partial charge in [0.2, 0.25) is 21.8 Å². The second-order valence-corrected chi connectivity index (χ2v) is 9.70. The number of halogens is 1. The Bertz CT molecular complexity index is 1080. The average Bonchev–Trinajstić information content (AvgIpc) is 2.81. The lowest BCUT2D eigenvalue weighted by Crippen LogP contribution is -2.48. The Hall–Kier alpha value is -3.14. The van der Waals surface area contributed by atoms with Crippen LogP contribution in [0.2, 0.25) is 0 Å². The molecule has 0 aromatic heterocycles. The van der Waals surface area contributed by atoms with Crippen molar-refractivity contribution in [3.05, 3.63) is 59.9 Å². The normalized spacial score (nSPS) is 12.0. The van der Waals surface area contributed by atoms with Crippen LogP contribution >= 0.6 is 0 Å². The molecule has 186 valence electrons. The van der Waals surface area contributed by atoms with Gasteiger partial charge in [0.25, 0.3) is 0 Å². The highest BCUT2D eigenvalue weighted by molar-refractivity contribution is 7.92. The molecule has 0 fully saturated rings. The number of benzene rings is 2. The Morgan fingerprint density at radius 2 is 1.76 bits per heavy atom. The molecule has 8 nitrogen and oxygen atoms in total. The number of carbonyl (C=O) groups excluding carboxylic acids is 2. The maximum Gasteiger partial charge on any atom is 0.242 e. The molecular formula is C24H32FN3O5S. The van der Waals surface area contributed by atoms with Crippen LogP contribution in [0.5, 0.6) is 5.75 Å². The zero-order chi connectivity index (χ0) is 25.3. The fourth-order valence-corrected chi connectivity index (χ4v) is 4.62. The number of likely N-dealkylation sites (N-methyl/N-ethyl adjacent to an activating group) is 1. The summed E-state index contributed by atoms with van der Waals surface area (Å²) in [6.07, 6.45) is 1.55. The van der Waals surface area contributed by atoms with Crippen LogP contribution in [0.4, 0.5) is 10.1 Å². The zero-order valence-corrected chi connectivity index (χ0v) is 20.8. The number of amides is 2. The van der Waals surface area contributed by atoms with Crippen molar-refractivity contribution in [1.82, 2.24) is 10.2 Å². The first kappa shape index (κ1) is 27.1. The van der Waals surface area contributed by atoms with E-state index in [9.17, 15) is 22.4 Å². The Kier molecular flexibility index (Phi) is 9.85. The van der Waals surface area contributed by atoms with Crippen LogP contribution in [0.15, 0.2) is 48.5 Å². The van der Waals surface area contributed by atoms with Gasteiger partial charge in [-0.3, -0.25) is 13.9 Å². The Morgan fingerprint density at radius 1 is 1.12 bits per heavy atom. The van der Waals surface area contributed by atoms with Crippen LogP contribution in [0.25, 0.3) is 0 Å². The van der Waals surface area contributed by atoms with Crippen molar-refractivity contribution in [2.24, 2.45) is 0 Å². The lowest BCUT2D eigenvalue weighted by atomic mass is 10.1. The largest absolute Gasteiger partial charge is 0.497 e. The smallest absolute Gasteiger partial charge is 0.242 e. The van der Waals surface area contributed by atoms with Crippen molar-refractivity contribution in [1.29, 1.82) is 0 Å². The highest BCUT2D eigenvalue weighted by Crippen LogP contribution is 2.23. The maximum atomic E-state index is 14.2. The van der Waals surface area contributed by atoms with E-state index in [4.69, 9.17) is 4.74 Å². The summed E-state index contributed by atoms with van der Waals surface area (Å²) in [6, 6.07) is 12.1. The van der Waals surface area contributed by atoms with E-state index in [1.165, 1.54) is 30.1 Å². The SMILES string of the molecule is CCC(C(=O)NC)N(Cc1ccc(OC)cc1)C(=O)CCCN(c1ccccc1F)S(C)(=O)=O. The summed E-state index contributed by atoms with van der Waals surface area (Å²) >= 11 is 0. The molecule has 0 aliphatic heterocycles. The maximum absolute atomic E-state index is 14.2. The molecule has 34 heavy (non-hydrogen) atoms. The molecular weight excluding hydrogens is 461 g/mol. The molecule has 2 rings (SSSR count). The van der Waals surface area contributed by atoms with Gasteiger partial charge in [-0.05, 0) is 42.7 Å². The molecule has 0 saturated carbocycles. The van der Waals surface area contributed by atoms with Crippen molar-refractivity contribution in [3.63, 3.8) is 0 Å². The zero-order valence-electron chi connectivity index (χ0n) is 20.0. The second kappa shape index (κ2) is 12.4. The van der Waals surface area contributed by atoms with Gasteiger partial charge in [0.1, 0.15) is 17.6 Å². The summed E-state index contributed by atoms with van der Waals surface area (Å²) in [6.45, 7) is 1.95. The number of methoxy groups -OCH3 is 1. The van der Waals surface area contributed by atoms with E-state index in [1.807, 2.05) is 19.1 Å². The number of carbonyl (C=O) groups is 2. The van der Waals surface area contributed by atoms with E-state index in [1.54, 1.807) is 25.3 Å². The number of anilines is 1. The van der Waals surface area contributed by atoms with E-state index in [0.29, 0.717) is 12.2 Å². The minimum absolute atomic E-state index is 0.00980. The minimum Gasteiger partial charge on any atom is -0.497 e. The van der Waals surface area contributed by atoms with Crippen molar-refractivity contribution in [2.75, 3.05) is 31.3 Å². The van der Waals surface area contributed by atoms with Crippen LogP contribution in [-0.4, -0.2) is 58.1 Å². The highest BCUT2D eigenvalue weighted by Gasteiger charge is 2.28. The summed E-state index contributed by atoms with van der Waals surface area (Å²) in [7, 11) is -0.686. The second-order valence-electron chi connectivity index (χ2n) is 7.80. The molecule has 0 bridgehead atoms. The fourth-order valence-electron chi connectivity index (χ4n) is 3.65. The lowest BCUT2D eigenvalue weighted by molar-refractivity contribution is -0.141. The number of sulfonamides is 1. The van der Waals surface area contributed by atoms with Crippen molar-refractivity contribution < 1.29 is 27.1 Å². The molecule has 0 saturated heterocycles. The topological polar surface area (TPSA) is 96.0 Å². The summed E-state index contributed by atoms with van der Waals surface area (Å²) < 4.78 is 44.9. The average molecular weight is 494 g/mol. The number of nitrogens with one attached hydrogen (secondary N) is 1. The molecule has 1 unspecified atom stereocenters. The van der Waals surface area contributed by atoms with Gasteiger partial charge in [-0.1, -0.05) is 31.2 Å². The molecule has 0 radical (unpaired) electrons. The molecule has 0 heterocycles. The van der Waals surface area contributed by atoms with Gasteiger partial charge >= 0.3 is 0 Å². The van der Waals surface area contributed by atoms with Gasteiger partial charge in [0.05, 0.1) is 19.1 Å². The van der Waals surface area contributed by atoms with Crippen LogP contribution in [0, 0.1) is 5.82 Å². The van der Waals surface area contributed by atoms with Crippen LogP contribution in [0.1, 0.15) is 31.7 Å². The van der Waals surface area contributed by atoms with Crippen molar-refractivity contribution >= 4 is 27.5 Å². The van der Waals surface area contributed by atoms with E-state index in [0.717, 1.165) is 16.1 Å². The Balaban J connectivity index is 2.19. The summed E-state index contributed by atoms with van der Waals surface area (Å²) in [5, 5.41) is 2.60. The quantitative estimate of drug-likeness (QED) is 0.491. The number of hydrogen-bond donors (Lipinski definition) is 1. The van der Waals surface area contributed by atoms with Crippen LogP contribution in [0.3, 0.4) is 0 Å². The van der Waals surface area contributed by atoms with Gasteiger partial charge in [-0.2, -0.15) is 0 Å². The van der Waals surface area contributed by atoms with Crippen LogP contribution in [-0.2, 0) is 26.2 Å². The lowest BCUT2D eigenvalue weighted by Gasteiger charge is -2.31. The molecule has 0 spiro atoms. The predicted molar refractivity (Wildman–Crippen MR) is 130 cm³/mol. The molecule has 0 aliphatic carbocycles. The number of para-hydroxylation sites is 1. The van der Waals surface area contributed by atoms with Crippen molar-refractivity contribution in [3.8, 4) is 5.75 Å². The number of nitrogens with zero attached hydrogens (tertiary/aromatic N) is 2. The first-order chi connectivity index (χ1) is 16.1. The monoisotopic (exact) mass is 493 g/mol. The number of ether oxygens (including phenoxy) is 1. The van der Waals surface area contributed by atoms with E-state index in [2.05, 4.69) is 5.32 Å². The van der Waals surface area contributed by atoms with Gasteiger partial charge in [0, 0.05) is 26.6 Å².